The average Bonchev–Trinajstić information content (AvgIpc) is 3.07. The van der Waals surface area contributed by atoms with Gasteiger partial charge in [-0.25, -0.2) is 9.80 Å². The number of benzene rings is 2. The summed E-state index contributed by atoms with van der Waals surface area (Å²) in [7, 11) is 0. The Morgan fingerprint density at radius 1 is 0.750 bits per heavy atom. The number of hydrogen-bond donors (Lipinski definition) is 2. The number of amides is 4. The van der Waals surface area contributed by atoms with Crippen LogP contribution in [-0.4, -0.2) is 29.8 Å². The number of nitrogens with zero attached hydrogens (tertiary/aromatic N) is 2. The standard InChI is InChI=1S/C21H17F3N4O4/c1-10-16(29)27(13-6-2-11(25)3-7-13)18(31)20(10)15(21(22,23)24)17(30)28(19(20)32)14-8-4-12(26)5-9-14/h2-10,15H,25-26H2,1H3/t10?,15-,20-/m0/s1. The molecule has 4 rings (SSSR count). The van der Waals surface area contributed by atoms with E-state index in [0.29, 0.717) is 15.5 Å². The molecule has 32 heavy (non-hydrogen) atoms. The largest absolute Gasteiger partial charge is 0.402 e. The molecule has 1 spiro atoms. The van der Waals surface area contributed by atoms with Gasteiger partial charge in [-0.2, -0.15) is 13.2 Å². The van der Waals surface area contributed by atoms with Crippen molar-refractivity contribution >= 4 is 46.4 Å². The van der Waals surface area contributed by atoms with Crippen molar-refractivity contribution in [3.05, 3.63) is 48.5 Å². The first-order chi connectivity index (χ1) is 14.9. The number of carbonyl (C=O) groups excluding carboxylic acids is 4. The summed E-state index contributed by atoms with van der Waals surface area (Å²) in [6.07, 6.45) is -5.27. The third-order valence-corrected chi connectivity index (χ3v) is 5.94. The number of imide groups is 2. The summed E-state index contributed by atoms with van der Waals surface area (Å²) in [5.41, 5.74) is 8.53. The molecule has 0 aliphatic carbocycles. The maximum Gasteiger partial charge on any atom is 0.402 e. The highest BCUT2D eigenvalue weighted by molar-refractivity contribution is 6.39. The van der Waals surface area contributed by atoms with E-state index in [1.807, 2.05) is 0 Å². The number of alkyl halides is 3. The van der Waals surface area contributed by atoms with Crippen molar-refractivity contribution in [2.45, 2.75) is 13.1 Å². The molecule has 8 nitrogen and oxygen atoms in total. The lowest BCUT2D eigenvalue weighted by Crippen LogP contribution is -2.51. The van der Waals surface area contributed by atoms with Gasteiger partial charge in [-0.15, -0.1) is 0 Å². The summed E-state index contributed by atoms with van der Waals surface area (Å²) >= 11 is 0. The Bertz CT molecular complexity index is 1140. The first-order valence-electron chi connectivity index (χ1n) is 9.47. The maximum absolute atomic E-state index is 14.2. The Morgan fingerprint density at radius 2 is 1.12 bits per heavy atom. The number of carbonyl (C=O) groups is 4. The van der Waals surface area contributed by atoms with Crippen LogP contribution >= 0.6 is 0 Å². The number of anilines is 4. The van der Waals surface area contributed by atoms with Crippen LogP contribution < -0.4 is 21.3 Å². The van der Waals surface area contributed by atoms with Gasteiger partial charge in [0.15, 0.2) is 11.3 Å². The molecule has 4 N–H and O–H groups in total. The first-order valence-corrected chi connectivity index (χ1v) is 9.47. The van der Waals surface area contributed by atoms with Crippen LogP contribution in [0.5, 0.6) is 0 Å². The van der Waals surface area contributed by atoms with Gasteiger partial charge in [-0.1, -0.05) is 6.92 Å². The highest BCUT2D eigenvalue weighted by Gasteiger charge is 2.79. The minimum absolute atomic E-state index is 0.0509. The monoisotopic (exact) mass is 446 g/mol. The minimum atomic E-state index is -5.27. The molecule has 2 heterocycles. The van der Waals surface area contributed by atoms with Crippen LogP contribution in [-0.2, 0) is 19.2 Å². The highest BCUT2D eigenvalue weighted by atomic mass is 19.4. The quantitative estimate of drug-likeness (QED) is 0.413. The first kappa shape index (κ1) is 21.3. The molecular weight excluding hydrogens is 429 g/mol. The van der Waals surface area contributed by atoms with Crippen LogP contribution in [0.4, 0.5) is 35.9 Å². The maximum atomic E-state index is 14.2. The normalized spacial score (nSPS) is 26.0. The van der Waals surface area contributed by atoms with Crippen LogP contribution in [0.25, 0.3) is 0 Å². The molecule has 0 radical (unpaired) electrons. The Morgan fingerprint density at radius 3 is 1.50 bits per heavy atom. The highest BCUT2D eigenvalue weighted by Crippen LogP contribution is 2.57. The lowest BCUT2D eigenvalue weighted by atomic mass is 9.69. The van der Waals surface area contributed by atoms with E-state index in [9.17, 15) is 32.3 Å². The van der Waals surface area contributed by atoms with Gasteiger partial charge in [-0.05, 0) is 48.5 Å². The van der Waals surface area contributed by atoms with Crippen LogP contribution in [0, 0.1) is 17.3 Å². The molecule has 4 amide bonds. The van der Waals surface area contributed by atoms with Gasteiger partial charge in [0.2, 0.25) is 11.8 Å². The van der Waals surface area contributed by atoms with Crippen molar-refractivity contribution in [1.82, 2.24) is 0 Å². The van der Waals surface area contributed by atoms with Gasteiger partial charge in [0.05, 0.1) is 17.3 Å². The van der Waals surface area contributed by atoms with E-state index in [2.05, 4.69) is 0 Å². The number of halogens is 3. The Labute approximate surface area is 179 Å². The average molecular weight is 446 g/mol. The molecule has 0 bridgehead atoms. The van der Waals surface area contributed by atoms with Gasteiger partial charge in [0.25, 0.3) is 11.8 Å². The third-order valence-electron chi connectivity index (χ3n) is 5.94. The fourth-order valence-electron chi connectivity index (χ4n) is 4.38. The number of nitrogen functional groups attached to an aromatic ring is 2. The van der Waals surface area contributed by atoms with Crippen molar-refractivity contribution < 1.29 is 32.3 Å². The molecule has 2 aromatic rings. The van der Waals surface area contributed by atoms with Gasteiger partial charge in [0, 0.05) is 11.4 Å². The molecule has 0 aromatic heterocycles. The molecule has 2 aromatic carbocycles. The summed E-state index contributed by atoms with van der Waals surface area (Å²) in [5, 5.41) is 0. The molecule has 2 saturated heterocycles. The van der Waals surface area contributed by atoms with E-state index in [4.69, 9.17) is 11.5 Å². The van der Waals surface area contributed by atoms with E-state index in [1.165, 1.54) is 48.5 Å². The van der Waals surface area contributed by atoms with Gasteiger partial charge >= 0.3 is 6.18 Å². The summed E-state index contributed by atoms with van der Waals surface area (Å²) in [5.74, 6) is -10.2. The second-order valence-electron chi connectivity index (χ2n) is 7.71. The van der Waals surface area contributed by atoms with Gasteiger partial charge in [-0.3, -0.25) is 19.2 Å². The molecule has 0 saturated carbocycles. The molecular formula is C21H17F3N4O4. The molecule has 2 fully saturated rings. The van der Waals surface area contributed by atoms with Crippen molar-refractivity contribution in [2.75, 3.05) is 21.3 Å². The Kier molecular flexibility index (Phi) is 4.54. The second kappa shape index (κ2) is 6.81. The zero-order valence-electron chi connectivity index (χ0n) is 16.6. The minimum Gasteiger partial charge on any atom is -0.399 e. The Balaban J connectivity index is 1.91. The van der Waals surface area contributed by atoms with Crippen molar-refractivity contribution in [3.8, 4) is 0 Å². The third kappa shape index (κ3) is 2.70. The smallest absolute Gasteiger partial charge is 0.399 e. The molecule has 166 valence electrons. The van der Waals surface area contributed by atoms with Crippen molar-refractivity contribution in [3.63, 3.8) is 0 Å². The number of nitrogens with two attached hydrogens (primary N) is 2. The van der Waals surface area contributed by atoms with E-state index in [1.54, 1.807) is 0 Å². The van der Waals surface area contributed by atoms with Gasteiger partial charge in [0.1, 0.15) is 0 Å². The second-order valence-corrected chi connectivity index (χ2v) is 7.71. The van der Waals surface area contributed by atoms with E-state index in [0.717, 1.165) is 6.92 Å². The van der Waals surface area contributed by atoms with Crippen LogP contribution in [0.3, 0.4) is 0 Å². The summed E-state index contributed by atoms with van der Waals surface area (Å²) in [6, 6.07) is 10.3. The number of rotatable bonds is 2. The van der Waals surface area contributed by atoms with Gasteiger partial charge < -0.3 is 11.5 Å². The summed E-state index contributed by atoms with van der Waals surface area (Å²) in [4.78, 5) is 53.6. The lowest BCUT2D eigenvalue weighted by Gasteiger charge is -2.28. The van der Waals surface area contributed by atoms with Crippen LogP contribution in [0.1, 0.15) is 6.92 Å². The molecule has 2 aliphatic heterocycles. The predicted molar refractivity (Wildman–Crippen MR) is 108 cm³/mol. The van der Waals surface area contributed by atoms with E-state index >= 15 is 0 Å². The van der Waals surface area contributed by atoms with Crippen LogP contribution in [0.2, 0.25) is 0 Å². The van der Waals surface area contributed by atoms with E-state index in [-0.39, 0.29) is 17.1 Å². The molecule has 2 aliphatic rings. The zero-order valence-corrected chi connectivity index (χ0v) is 16.6. The predicted octanol–water partition coefficient (Wildman–Crippen LogP) is 2.10. The van der Waals surface area contributed by atoms with Crippen molar-refractivity contribution in [1.29, 1.82) is 0 Å². The Hall–Kier alpha value is -3.89. The lowest BCUT2D eigenvalue weighted by molar-refractivity contribution is -0.203. The molecule has 11 heteroatoms. The summed E-state index contributed by atoms with van der Waals surface area (Å²) < 4.78 is 42.5. The van der Waals surface area contributed by atoms with Crippen LogP contribution in [0.15, 0.2) is 48.5 Å². The zero-order chi connectivity index (χ0) is 23.6. The fraction of sp³-hybridized carbons (Fsp3) is 0.238. The topological polar surface area (TPSA) is 127 Å². The summed E-state index contributed by atoms with van der Waals surface area (Å²) in [6.45, 7) is 1.05. The fourth-order valence-corrected chi connectivity index (χ4v) is 4.38. The molecule has 1 unspecified atom stereocenters. The number of hydrogen-bond acceptors (Lipinski definition) is 6. The molecule has 3 atom stereocenters. The van der Waals surface area contributed by atoms with Crippen molar-refractivity contribution in [2.24, 2.45) is 17.3 Å². The SMILES string of the molecule is CC1C(=O)N(c2ccc(N)cc2)C(=O)[C@]12C(=O)N(c1ccc(N)cc1)C(=O)[C@@H]2C(F)(F)F. The van der Waals surface area contributed by atoms with E-state index < -0.39 is 47.1 Å².